The fourth-order valence-electron chi connectivity index (χ4n) is 4.06. The van der Waals surface area contributed by atoms with Crippen molar-refractivity contribution in [3.8, 4) is 5.75 Å². The average Bonchev–Trinajstić information content (AvgIpc) is 3.02. The van der Waals surface area contributed by atoms with Crippen LogP contribution in [0.3, 0.4) is 0 Å². The van der Waals surface area contributed by atoms with Crippen molar-refractivity contribution in [1.82, 2.24) is 14.5 Å². The minimum atomic E-state index is -4.03. The van der Waals surface area contributed by atoms with Crippen molar-refractivity contribution in [2.24, 2.45) is 0 Å². The van der Waals surface area contributed by atoms with E-state index in [1.54, 1.807) is 37.4 Å². The molecule has 0 fully saturated rings. The Morgan fingerprint density at radius 1 is 1.11 bits per heavy atom. The first-order valence-electron chi connectivity index (χ1n) is 11.5. The first kappa shape index (κ1) is 26.2. The molecule has 10 heteroatoms. The minimum Gasteiger partial charge on any atom is -0.497 e. The summed E-state index contributed by atoms with van der Waals surface area (Å²) in [5, 5.41) is 2.85. The average molecular weight is 502 g/mol. The van der Waals surface area contributed by atoms with Gasteiger partial charge in [-0.2, -0.15) is 0 Å². The molecule has 1 unspecified atom stereocenters. The van der Waals surface area contributed by atoms with Crippen LogP contribution in [0.25, 0.3) is 0 Å². The number of nitrogens with one attached hydrogen (secondary N) is 1. The molecular weight excluding hydrogens is 470 g/mol. The van der Waals surface area contributed by atoms with Gasteiger partial charge in [0.15, 0.2) is 0 Å². The third-order valence-corrected chi connectivity index (χ3v) is 7.59. The highest BCUT2D eigenvalue weighted by atomic mass is 32.2. The zero-order valence-corrected chi connectivity index (χ0v) is 21.2. The number of nitrogens with zero attached hydrogens (tertiary/aromatic N) is 2. The van der Waals surface area contributed by atoms with Crippen molar-refractivity contribution in [2.75, 3.05) is 13.7 Å². The highest BCUT2D eigenvalue weighted by Crippen LogP contribution is 2.30. The predicted octanol–water partition coefficient (Wildman–Crippen LogP) is 2.56. The van der Waals surface area contributed by atoms with Crippen LogP contribution in [0.1, 0.15) is 49.5 Å². The van der Waals surface area contributed by atoms with Gasteiger partial charge in [-0.15, -0.1) is 0 Å². The zero-order valence-electron chi connectivity index (χ0n) is 20.4. The van der Waals surface area contributed by atoms with Crippen LogP contribution in [0.4, 0.5) is 0 Å². The molecule has 188 valence electrons. The van der Waals surface area contributed by atoms with E-state index in [-0.39, 0.29) is 41.9 Å². The summed E-state index contributed by atoms with van der Waals surface area (Å²) in [5.41, 5.74) is 0.849. The fraction of sp³-hybridized carbons (Fsp3) is 0.400. The molecule has 0 aromatic heterocycles. The molecule has 1 heterocycles. The number of rotatable bonds is 10. The second kappa shape index (κ2) is 10.9. The van der Waals surface area contributed by atoms with Crippen LogP contribution in [0.15, 0.2) is 53.4 Å². The van der Waals surface area contributed by atoms with Gasteiger partial charge in [-0.05, 0) is 50.1 Å². The maximum Gasteiger partial charge on any atom is 0.269 e. The van der Waals surface area contributed by atoms with E-state index < -0.39 is 27.9 Å². The lowest BCUT2D eigenvalue weighted by Gasteiger charge is -2.31. The van der Waals surface area contributed by atoms with Crippen LogP contribution in [-0.4, -0.2) is 61.1 Å². The molecule has 0 aliphatic carbocycles. The Morgan fingerprint density at radius 2 is 1.83 bits per heavy atom. The van der Waals surface area contributed by atoms with Gasteiger partial charge in [0.25, 0.3) is 15.9 Å². The highest BCUT2D eigenvalue weighted by Gasteiger charge is 2.41. The Hall–Kier alpha value is -3.40. The van der Waals surface area contributed by atoms with Crippen molar-refractivity contribution in [3.63, 3.8) is 0 Å². The summed E-state index contributed by atoms with van der Waals surface area (Å²) in [6, 6.07) is 12.3. The monoisotopic (exact) mass is 501 g/mol. The van der Waals surface area contributed by atoms with Gasteiger partial charge < -0.3 is 15.0 Å². The van der Waals surface area contributed by atoms with Crippen LogP contribution in [-0.2, 0) is 26.2 Å². The van der Waals surface area contributed by atoms with Gasteiger partial charge in [-0.3, -0.25) is 14.4 Å². The Bertz CT molecular complexity index is 1210. The standard InChI is InChI=1S/C25H31N3O6S/c1-5-21(24(30)26-17(2)3)27(16-18-9-8-10-19(15-18)34-4)23(29)13-14-28-25(31)20-11-6-7-12-22(20)35(28,32)33/h6-12,15,17,21H,5,13-14,16H2,1-4H3,(H,26,30). The Balaban J connectivity index is 1.84. The second-order valence-corrected chi connectivity index (χ2v) is 10.4. The van der Waals surface area contributed by atoms with Gasteiger partial charge in [-0.25, -0.2) is 12.7 Å². The van der Waals surface area contributed by atoms with Crippen LogP contribution >= 0.6 is 0 Å². The maximum absolute atomic E-state index is 13.4. The lowest BCUT2D eigenvalue weighted by molar-refractivity contribution is -0.141. The molecule has 0 saturated heterocycles. The third kappa shape index (κ3) is 5.64. The predicted molar refractivity (Wildman–Crippen MR) is 130 cm³/mol. The molecule has 0 spiro atoms. The molecule has 3 rings (SSSR count). The molecule has 1 aliphatic heterocycles. The second-order valence-electron chi connectivity index (χ2n) is 8.59. The topological polar surface area (TPSA) is 113 Å². The van der Waals surface area contributed by atoms with Gasteiger partial charge in [-0.1, -0.05) is 31.2 Å². The van der Waals surface area contributed by atoms with Gasteiger partial charge in [0, 0.05) is 25.6 Å². The third-order valence-electron chi connectivity index (χ3n) is 5.74. The summed E-state index contributed by atoms with van der Waals surface area (Å²) in [5.74, 6) is -0.771. The Labute approximate surface area is 206 Å². The van der Waals surface area contributed by atoms with Crippen molar-refractivity contribution in [3.05, 3.63) is 59.7 Å². The van der Waals surface area contributed by atoms with Crippen molar-refractivity contribution in [1.29, 1.82) is 0 Å². The smallest absolute Gasteiger partial charge is 0.269 e. The number of sulfonamides is 1. The van der Waals surface area contributed by atoms with E-state index in [4.69, 9.17) is 4.74 Å². The largest absolute Gasteiger partial charge is 0.497 e. The molecule has 1 N–H and O–H groups in total. The molecule has 0 bridgehead atoms. The van der Waals surface area contributed by atoms with Crippen LogP contribution in [0.2, 0.25) is 0 Å². The first-order valence-corrected chi connectivity index (χ1v) is 12.9. The van der Waals surface area contributed by atoms with E-state index >= 15 is 0 Å². The van der Waals surface area contributed by atoms with E-state index in [1.165, 1.54) is 17.0 Å². The summed E-state index contributed by atoms with van der Waals surface area (Å²) in [7, 11) is -2.49. The van der Waals surface area contributed by atoms with Gasteiger partial charge in [0.05, 0.1) is 12.7 Å². The number of benzene rings is 2. The summed E-state index contributed by atoms with van der Waals surface area (Å²) in [4.78, 5) is 40.4. The number of fused-ring (bicyclic) bond motifs is 1. The quantitative estimate of drug-likeness (QED) is 0.535. The number of carbonyl (C=O) groups is 3. The minimum absolute atomic E-state index is 0.0616. The van der Waals surface area contributed by atoms with E-state index in [0.29, 0.717) is 12.2 Å². The number of methoxy groups -OCH3 is 1. The number of ether oxygens (including phenoxy) is 1. The van der Waals surface area contributed by atoms with Gasteiger partial charge >= 0.3 is 0 Å². The highest BCUT2D eigenvalue weighted by molar-refractivity contribution is 7.90. The normalized spacial score (nSPS) is 15.0. The van der Waals surface area contributed by atoms with Gasteiger partial charge in [0.2, 0.25) is 11.8 Å². The van der Waals surface area contributed by atoms with Crippen LogP contribution < -0.4 is 10.1 Å². The molecule has 0 radical (unpaired) electrons. The number of amides is 3. The maximum atomic E-state index is 13.4. The zero-order chi connectivity index (χ0) is 25.8. The summed E-state index contributed by atoms with van der Waals surface area (Å²) < 4.78 is 31.7. The van der Waals surface area contributed by atoms with Crippen molar-refractivity contribution >= 4 is 27.7 Å². The molecule has 1 atom stereocenters. The number of carbonyl (C=O) groups excluding carboxylic acids is 3. The van der Waals surface area contributed by atoms with Crippen LogP contribution in [0, 0.1) is 0 Å². The molecule has 3 amide bonds. The molecule has 9 nitrogen and oxygen atoms in total. The number of hydrogen-bond donors (Lipinski definition) is 1. The van der Waals surface area contributed by atoms with E-state index in [9.17, 15) is 22.8 Å². The van der Waals surface area contributed by atoms with E-state index in [1.807, 2.05) is 26.8 Å². The van der Waals surface area contributed by atoms with Crippen LogP contribution in [0.5, 0.6) is 5.75 Å². The van der Waals surface area contributed by atoms with Crippen molar-refractivity contribution in [2.45, 2.75) is 57.1 Å². The fourth-order valence-corrected chi connectivity index (χ4v) is 5.63. The first-order chi connectivity index (χ1) is 16.6. The lowest BCUT2D eigenvalue weighted by atomic mass is 10.1. The molecule has 2 aromatic rings. The van der Waals surface area contributed by atoms with E-state index in [2.05, 4.69) is 5.32 Å². The summed E-state index contributed by atoms with van der Waals surface area (Å²) >= 11 is 0. The molecule has 1 aliphatic rings. The van der Waals surface area contributed by atoms with E-state index in [0.717, 1.165) is 9.87 Å². The summed E-state index contributed by atoms with van der Waals surface area (Å²) in [6.07, 6.45) is 0.106. The molecular formula is C25H31N3O6S. The Kier molecular flexibility index (Phi) is 8.16. The van der Waals surface area contributed by atoms with Gasteiger partial charge in [0.1, 0.15) is 16.7 Å². The molecule has 2 aromatic carbocycles. The lowest BCUT2D eigenvalue weighted by Crippen LogP contribution is -2.51. The molecule has 35 heavy (non-hydrogen) atoms. The molecule has 0 saturated carbocycles. The summed E-state index contributed by atoms with van der Waals surface area (Å²) in [6.45, 7) is 5.29. The SMILES string of the molecule is CCC(C(=O)NC(C)C)N(Cc1cccc(OC)c1)C(=O)CCN1C(=O)c2ccccc2S1(=O)=O. The Morgan fingerprint density at radius 3 is 2.46 bits per heavy atom. The van der Waals surface area contributed by atoms with Crippen molar-refractivity contribution < 1.29 is 27.5 Å². The number of hydrogen-bond acceptors (Lipinski definition) is 6.